The normalized spacial score (nSPS) is 14.3. The number of ether oxygens (including phenoxy) is 2. The van der Waals surface area contributed by atoms with Crippen molar-refractivity contribution < 1.29 is 14.6 Å². The molecule has 2 N–H and O–H groups in total. The Morgan fingerprint density at radius 3 is 2.59 bits per heavy atom. The Balaban J connectivity index is 2.15. The van der Waals surface area contributed by atoms with Crippen molar-refractivity contribution in [1.82, 2.24) is 5.32 Å². The number of nitrogens with one attached hydrogen (secondary N) is 1. The smallest absolute Gasteiger partial charge is 0.119 e. The lowest BCUT2D eigenvalue weighted by molar-refractivity contribution is 0.0973. The Hall–Kier alpha value is -1.10. The highest BCUT2D eigenvalue weighted by atomic mass is 16.5. The van der Waals surface area contributed by atoms with E-state index in [1.807, 2.05) is 37.3 Å². The van der Waals surface area contributed by atoms with Crippen LogP contribution in [0.3, 0.4) is 0 Å². The van der Waals surface area contributed by atoms with Gasteiger partial charge in [0.05, 0.1) is 6.61 Å². The fourth-order valence-corrected chi connectivity index (χ4v) is 1.41. The van der Waals surface area contributed by atoms with Gasteiger partial charge in [0, 0.05) is 19.7 Å². The molecule has 0 heterocycles. The molecule has 0 aliphatic rings. The van der Waals surface area contributed by atoms with Gasteiger partial charge in [-0.2, -0.15) is 0 Å². The van der Waals surface area contributed by atoms with E-state index in [-0.39, 0.29) is 12.6 Å². The summed E-state index contributed by atoms with van der Waals surface area (Å²) in [4.78, 5) is 0. The quantitative estimate of drug-likeness (QED) is 0.712. The molecule has 0 aliphatic heterocycles. The van der Waals surface area contributed by atoms with Crippen molar-refractivity contribution >= 4 is 0 Å². The maximum Gasteiger partial charge on any atom is 0.119 e. The van der Waals surface area contributed by atoms with Crippen LogP contribution < -0.4 is 10.1 Å². The second-order valence-corrected chi connectivity index (χ2v) is 4.04. The van der Waals surface area contributed by atoms with Crippen LogP contribution in [-0.4, -0.2) is 44.1 Å². The largest absolute Gasteiger partial charge is 0.491 e. The molecule has 0 fully saturated rings. The first-order valence-corrected chi connectivity index (χ1v) is 5.80. The molecule has 0 aromatic heterocycles. The average molecular weight is 239 g/mol. The number of aliphatic hydroxyl groups is 1. The molecule has 0 aliphatic carbocycles. The molecular formula is C13H21NO3. The second kappa shape index (κ2) is 8.06. The van der Waals surface area contributed by atoms with Crippen molar-refractivity contribution in [2.75, 3.05) is 26.9 Å². The molecule has 0 bridgehead atoms. The van der Waals surface area contributed by atoms with E-state index in [0.29, 0.717) is 13.2 Å². The Kier molecular flexibility index (Phi) is 6.62. The number of rotatable bonds is 8. The van der Waals surface area contributed by atoms with Gasteiger partial charge in [0.2, 0.25) is 0 Å². The van der Waals surface area contributed by atoms with E-state index in [0.717, 1.165) is 5.75 Å². The van der Waals surface area contributed by atoms with Gasteiger partial charge in [-0.15, -0.1) is 0 Å². The van der Waals surface area contributed by atoms with Crippen molar-refractivity contribution in [2.24, 2.45) is 0 Å². The maximum absolute atomic E-state index is 9.70. The third kappa shape index (κ3) is 6.26. The molecule has 2 atom stereocenters. The first-order valence-electron chi connectivity index (χ1n) is 5.80. The van der Waals surface area contributed by atoms with E-state index < -0.39 is 6.10 Å². The summed E-state index contributed by atoms with van der Waals surface area (Å²) in [7, 11) is 1.66. The van der Waals surface area contributed by atoms with Crippen LogP contribution in [-0.2, 0) is 4.74 Å². The Bertz CT molecular complexity index is 292. The van der Waals surface area contributed by atoms with Gasteiger partial charge in [0.15, 0.2) is 0 Å². The molecule has 0 saturated heterocycles. The van der Waals surface area contributed by atoms with Gasteiger partial charge in [-0.05, 0) is 19.1 Å². The van der Waals surface area contributed by atoms with Crippen molar-refractivity contribution in [3.63, 3.8) is 0 Å². The SMILES string of the molecule is COCC(C)NCC(O)COc1ccccc1. The first-order chi connectivity index (χ1) is 8.22. The molecule has 1 rings (SSSR count). The molecule has 96 valence electrons. The van der Waals surface area contributed by atoms with Crippen LogP contribution in [0.2, 0.25) is 0 Å². The summed E-state index contributed by atoms with van der Waals surface area (Å²) in [5, 5.41) is 12.9. The minimum absolute atomic E-state index is 0.228. The fraction of sp³-hybridized carbons (Fsp3) is 0.538. The van der Waals surface area contributed by atoms with E-state index in [9.17, 15) is 5.11 Å². The predicted molar refractivity (Wildman–Crippen MR) is 67.3 cm³/mol. The first kappa shape index (κ1) is 14.0. The minimum atomic E-state index is -0.519. The van der Waals surface area contributed by atoms with E-state index in [2.05, 4.69) is 5.32 Å². The number of benzene rings is 1. The molecule has 4 heteroatoms. The van der Waals surface area contributed by atoms with Crippen LogP contribution in [0.5, 0.6) is 5.75 Å². The van der Waals surface area contributed by atoms with Gasteiger partial charge in [0.1, 0.15) is 18.5 Å². The lowest BCUT2D eigenvalue weighted by atomic mass is 10.3. The Labute approximate surface area is 103 Å². The summed E-state index contributed by atoms with van der Waals surface area (Å²) in [6.45, 7) is 3.43. The molecule has 2 unspecified atom stereocenters. The minimum Gasteiger partial charge on any atom is -0.491 e. The molecule has 0 spiro atoms. The number of aliphatic hydroxyl groups excluding tert-OH is 1. The Morgan fingerprint density at radius 1 is 1.24 bits per heavy atom. The van der Waals surface area contributed by atoms with Crippen molar-refractivity contribution in [3.8, 4) is 5.75 Å². The van der Waals surface area contributed by atoms with Gasteiger partial charge >= 0.3 is 0 Å². The monoisotopic (exact) mass is 239 g/mol. The Morgan fingerprint density at radius 2 is 1.94 bits per heavy atom. The van der Waals surface area contributed by atoms with Gasteiger partial charge in [0.25, 0.3) is 0 Å². The maximum atomic E-state index is 9.70. The van der Waals surface area contributed by atoms with Crippen LogP contribution in [0.1, 0.15) is 6.92 Å². The van der Waals surface area contributed by atoms with Crippen LogP contribution in [0.15, 0.2) is 30.3 Å². The number of hydrogen-bond donors (Lipinski definition) is 2. The molecule has 1 aromatic carbocycles. The van der Waals surface area contributed by atoms with Crippen LogP contribution in [0, 0.1) is 0 Å². The second-order valence-electron chi connectivity index (χ2n) is 4.04. The molecule has 1 aromatic rings. The van der Waals surface area contributed by atoms with Gasteiger partial charge in [-0.1, -0.05) is 18.2 Å². The zero-order chi connectivity index (χ0) is 12.5. The van der Waals surface area contributed by atoms with Crippen molar-refractivity contribution in [2.45, 2.75) is 19.1 Å². The summed E-state index contributed by atoms with van der Waals surface area (Å²) in [5.41, 5.74) is 0. The molecule has 0 saturated carbocycles. The topological polar surface area (TPSA) is 50.7 Å². The van der Waals surface area contributed by atoms with Gasteiger partial charge in [-0.3, -0.25) is 0 Å². The lowest BCUT2D eigenvalue weighted by Crippen LogP contribution is -2.38. The molecule has 0 amide bonds. The van der Waals surface area contributed by atoms with E-state index in [1.165, 1.54) is 0 Å². The van der Waals surface area contributed by atoms with Gasteiger partial charge < -0.3 is 19.9 Å². The zero-order valence-corrected chi connectivity index (χ0v) is 10.4. The third-order valence-corrected chi connectivity index (χ3v) is 2.30. The predicted octanol–water partition coefficient (Wildman–Crippen LogP) is 1.05. The molecular weight excluding hydrogens is 218 g/mol. The van der Waals surface area contributed by atoms with Crippen molar-refractivity contribution in [1.29, 1.82) is 0 Å². The molecule has 4 nitrogen and oxygen atoms in total. The highest BCUT2D eigenvalue weighted by Gasteiger charge is 2.07. The number of para-hydroxylation sites is 1. The number of methoxy groups -OCH3 is 1. The molecule has 17 heavy (non-hydrogen) atoms. The fourth-order valence-electron chi connectivity index (χ4n) is 1.41. The average Bonchev–Trinajstić information content (AvgIpc) is 2.35. The summed E-state index contributed by atoms with van der Waals surface area (Å²) in [6, 6.07) is 9.70. The van der Waals surface area contributed by atoms with Gasteiger partial charge in [-0.25, -0.2) is 0 Å². The summed E-state index contributed by atoms with van der Waals surface area (Å²) in [6.07, 6.45) is -0.519. The lowest BCUT2D eigenvalue weighted by Gasteiger charge is -2.16. The summed E-state index contributed by atoms with van der Waals surface area (Å²) >= 11 is 0. The molecule has 0 radical (unpaired) electrons. The third-order valence-electron chi connectivity index (χ3n) is 2.30. The summed E-state index contributed by atoms with van der Waals surface area (Å²) < 4.78 is 10.4. The number of hydrogen-bond acceptors (Lipinski definition) is 4. The van der Waals surface area contributed by atoms with Crippen LogP contribution >= 0.6 is 0 Å². The van der Waals surface area contributed by atoms with E-state index in [4.69, 9.17) is 9.47 Å². The van der Waals surface area contributed by atoms with E-state index in [1.54, 1.807) is 7.11 Å². The standard InChI is InChI=1S/C13H21NO3/c1-11(9-16-2)14-8-12(15)10-17-13-6-4-3-5-7-13/h3-7,11-12,14-15H,8-10H2,1-2H3. The highest BCUT2D eigenvalue weighted by molar-refractivity contribution is 5.20. The summed E-state index contributed by atoms with van der Waals surface area (Å²) in [5.74, 6) is 0.775. The zero-order valence-electron chi connectivity index (χ0n) is 10.4. The van der Waals surface area contributed by atoms with Crippen LogP contribution in [0.25, 0.3) is 0 Å². The van der Waals surface area contributed by atoms with Crippen molar-refractivity contribution in [3.05, 3.63) is 30.3 Å². The highest BCUT2D eigenvalue weighted by Crippen LogP contribution is 2.08. The van der Waals surface area contributed by atoms with E-state index >= 15 is 0 Å². The van der Waals surface area contributed by atoms with Crippen LogP contribution in [0.4, 0.5) is 0 Å².